The van der Waals surface area contributed by atoms with Crippen LogP contribution in [0, 0.1) is 0 Å². The highest BCUT2D eigenvalue weighted by atomic mass is 16.5. The Morgan fingerprint density at radius 1 is 1.56 bits per heavy atom. The van der Waals surface area contributed by atoms with E-state index < -0.39 is 0 Å². The number of fused-ring (bicyclic) bond motifs is 1. The van der Waals surface area contributed by atoms with Crippen molar-refractivity contribution < 1.29 is 9.53 Å². The molecular formula is C13H19N3O2. The van der Waals surface area contributed by atoms with E-state index in [1.54, 1.807) is 0 Å². The molecule has 1 saturated heterocycles. The molecule has 0 aliphatic carbocycles. The molecule has 1 fully saturated rings. The van der Waals surface area contributed by atoms with Gasteiger partial charge in [0.1, 0.15) is 5.82 Å². The first-order chi connectivity index (χ1) is 8.81. The number of hydrogen-bond acceptors (Lipinski definition) is 3. The Morgan fingerprint density at radius 3 is 3.33 bits per heavy atom. The summed E-state index contributed by atoms with van der Waals surface area (Å²) < 4.78 is 7.61. The number of nitrogens with one attached hydrogen (secondary N) is 1. The van der Waals surface area contributed by atoms with Crippen LogP contribution in [0.15, 0.2) is 12.4 Å². The van der Waals surface area contributed by atoms with E-state index in [0.29, 0.717) is 6.42 Å². The summed E-state index contributed by atoms with van der Waals surface area (Å²) in [5, 5.41) is 3.11. The fraction of sp³-hybridized carbons (Fsp3) is 0.692. The molecule has 1 amide bonds. The molecule has 3 heterocycles. The van der Waals surface area contributed by atoms with Gasteiger partial charge < -0.3 is 14.6 Å². The zero-order valence-electron chi connectivity index (χ0n) is 10.5. The number of rotatable bonds is 3. The molecule has 98 valence electrons. The zero-order valence-corrected chi connectivity index (χ0v) is 10.5. The molecule has 18 heavy (non-hydrogen) atoms. The Morgan fingerprint density at radius 2 is 2.50 bits per heavy atom. The van der Waals surface area contributed by atoms with E-state index in [9.17, 15) is 4.79 Å². The van der Waals surface area contributed by atoms with Crippen molar-refractivity contribution in [1.82, 2.24) is 14.9 Å². The zero-order chi connectivity index (χ0) is 12.4. The van der Waals surface area contributed by atoms with E-state index in [1.807, 2.05) is 12.4 Å². The number of carbonyl (C=O) groups is 1. The minimum Gasteiger partial charge on any atom is -0.378 e. The summed E-state index contributed by atoms with van der Waals surface area (Å²) in [6, 6.07) is 0.237. The first-order valence-electron chi connectivity index (χ1n) is 6.72. The van der Waals surface area contributed by atoms with Crippen LogP contribution in [0.4, 0.5) is 0 Å². The van der Waals surface area contributed by atoms with Gasteiger partial charge in [0.2, 0.25) is 5.91 Å². The van der Waals surface area contributed by atoms with E-state index in [4.69, 9.17) is 4.74 Å². The average molecular weight is 249 g/mol. The number of aryl methyl sites for hydroxylation is 1. The predicted octanol–water partition coefficient (Wildman–Crippen LogP) is 0.883. The Bertz CT molecular complexity index is 424. The van der Waals surface area contributed by atoms with Gasteiger partial charge in [-0.1, -0.05) is 0 Å². The summed E-state index contributed by atoms with van der Waals surface area (Å²) in [4.78, 5) is 16.2. The molecule has 0 aromatic carbocycles. The highest BCUT2D eigenvalue weighted by Gasteiger charge is 2.23. The van der Waals surface area contributed by atoms with Crippen molar-refractivity contribution in [3.8, 4) is 0 Å². The molecule has 3 rings (SSSR count). The van der Waals surface area contributed by atoms with Gasteiger partial charge in [-0.2, -0.15) is 0 Å². The second kappa shape index (κ2) is 5.10. The van der Waals surface area contributed by atoms with E-state index >= 15 is 0 Å². The lowest BCUT2D eigenvalue weighted by Gasteiger charge is -2.25. The number of nitrogens with zero attached hydrogens (tertiary/aromatic N) is 2. The average Bonchev–Trinajstić information content (AvgIpc) is 2.98. The van der Waals surface area contributed by atoms with Crippen LogP contribution in [0.2, 0.25) is 0 Å². The Kier molecular flexibility index (Phi) is 3.32. The molecule has 0 spiro atoms. The minimum atomic E-state index is 0.121. The van der Waals surface area contributed by atoms with Crippen molar-refractivity contribution in [2.45, 2.75) is 50.8 Å². The largest absolute Gasteiger partial charge is 0.378 e. The van der Waals surface area contributed by atoms with Crippen LogP contribution in [-0.2, 0) is 22.5 Å². The van der Waals surface area contributed by atoms with Gasteiger partial charge in [-0.15, -0.1) is 0 Å². The monoisotopic (exact) mass is 249 g/mol. The van der Waals surface area contributed by atoms with E-state index in [2.05, 4.69) is 14.9 Å². The lowest BCUT2D eigenvalue weighted by Crippen LogP contribution is -2.41. The summed E-state index contributed by atoms with van der Waals surface area (Å²) in [5.41, 5.74) is 0. The third-order valence-corrected chi connectivity index (χ3v) is 3.74. The van der Waals surface area contributed by atoms with Gasteiger partial charge in [0.15, 0.2) is 0 Å². The highest BCUT2D eigenvalue weighted by Crippen LogP contribution is 2.16. The second-order valence-electron chi connectivity index (χ2n) is 5.14. The van der Waals surface area contributed by atoms with Crippen LogP contribution in [-0.4, -0.2) is 34.2 Å². The molecule has 1 N–H and O–H groups in total. The topological polar surface area (TPSA) is 56.1 Å². The number of aromatic nitrogens is 2. The number of ether oxygens (including phenoxy) is 1. The van der Waals surface area contributed by atoms with Crippen molar-refractivity contribution in [3.63, 3.8) is 0 Å². The van der Waals surface area contributed by atoms with Gasteiger partial charge in [-0.3, -0.25) is 4.79 Å². The van der Waals surface area contributed by atoms with Crippen molar-refractivity contribution in [1.29, 1.82) is 0 Å². The molecule has 0 radical (unpaired) electrons. The normalized spacial score (nSPS) is 26.9. The molecule has 2 aliphatic heterocycles. The maximum atomic E-state index is 11.9. The number of carbonyl (C=O) groups excluding carboxylic acids is 1. The standard InChI is InChI=1S/C13H19N3O2/c17-13(8-11-2-1-7-18-11)15-10-3-4-12-14-5-6-16(12)9-10/h5-6,10-11H,1-4,7-9H2,(H,15,17)/t10-,11+/m1/s1. The lowest BCUT2D eigenvalue weighted by molar-refractivity contribution is -0.124. The highest BCUT2D eigenvalue weighted by molar-refractivity contribution is 5.76. The molecule has 5 nitrogen and oxygen atoms in total. The fourth-order valence-corrected chi connectivity index (χ4v) is 2.78. The number of amides is 1. The third kappa shape index (κ3) is 2.56. The first kappa shape index (κ1) is 11.7. The molecule has 0 saturated carbocycles. The van der Waals surface area contributed by atoms with Gasteiger partial charge in [0.05, 0.1) is 12.5 Å². The van der Waals surface area contributed by atoms with Crippen LogP contribution < -0.4 is 5.32 Å². The van der Waals surface area contributed by atoms with Gasteiger partial charge >= 0.3 is 0 Å². The maximum absolute atomic E-state index is 11.9. The quantitative estimate of drug-likeness (QED) is 0.865. The van der Waals surface area contributed by atoms with Gasteiger partial charge in [-0.25, -0.2) is 4.98 Å². The van der Waals surface area contributed by atoms with Gasteiger partial charge in [0.25, 0.3) is 0 Å². The fourth-order valence-electron chi connectivity index (χ4n) is 2.78. The van der Waals surface area contributed by atoms with Crippen molar-refractivity contribution >= 4 is 5.91 Å². The minimum absolute atomic E-state index is 0.121. The summed E-state index contributed by atoms with van der Waals surface area (Å²) in [6.07, 6.45) is 8.47. The second-order valence-corrected chi connectivity index (χ2v) is 5.14. The predicted molar refractivity (Wildman–Crippen MR) is 66.1 cm³/mol. The van der Waals surface area contributed by atoms with Crippen LogP contribution in [0.1, 0.15) is 31.5 Å². The Hall–Kier alpha value is -1.36. The van der Waals surface area contributed by atoms with Crippen molar-refractivity contribution in [2.75, 3.05) is 6.61 Å². The number of imidazole rings is 1. The van der Waals surface area contributed by atoms with E-state index in [1.165, 1.54) is 0 Å². The Balaban J connectivity index is 1.50. The molecular weight excluding hydrogens is 230 g/mol. The smallest absolute Gasteiger partial charge is 0.222 e. The first-order valence-corrected chi connectivity index (χ1v) is 6.72. The summed E-state index contributed by atoms with van der Waals surface area (Å²) in [5.74, 6) is 1.25. The van der Waals surface area contributed by atoms with Crippen LogP contribution >= 0.6 is 0 Å². The number of hydrogen-bond donors (Lipinski definition) is 1. The summed E-state index contributed by atoms with van der Waals surface area (Å²) in [7, 11) is 0. The van der Waals surface area contributed by atoms with Crippen LogP contribution in [0.25, 0.3) is 0 Å². The summed E-state index contributed by atoms with van der Waals surface area (Å²) >= 11 is 0. The van der Waals surface area contributed by atoms with Gasteiger partial charge in [-0.05, 0) is 19.3 Å². The lowest BCUT2D eigenvalue weighted by atomic mass is 10.1. The summed E-state index contributed by atoms with van der Waals surface area (Å²) in [6.45, 7) is 1.65. The molecule has 5 heteroatoms. The van der Waals surface area contributed by atoms with E-state index in [0.717, 1.165) is 44.7 Å². The van der Waals surface area contributed by atoms with Gasteiger partial charge in [0, 0.05) is 38.0 Å². The maximum Gasteiger partial charge on any atom is 0.222 e. The van der Waals surface area contributed by atoms with Crippen LogP contribution in [0.5, 0.6) is 0 Å². The van der Waals surface area contributed by atoms with Crippen molar-refractivity contribution in [2.24, 2.45) is 0 Å². The van der Waals surface area contributed by atoms with E-state index in [-0.39, 0.29) is 18.1 Å². The molecule has 0 bridgehead atoms. The third-order valence-electron chi connectivity index (χ3n) is 3.74. The van der Waals surface area contributed by atoms with Crippen LogP contribution in [0.3, 0.4) is 0 Å². The molecule has 2 atom stereocenters. The molecule has 1 aromatic heterocycles. The Labute approximate surface area is 107 Å². The van der Waals surface area contributed by atoms with Crippen molar-refractivity contribution in [3.05, 3.63) is 18.2 Å². The molecule has 1 aromatic rings. The SMILES string of the molecule is O=C(C[C@@H]1CCCO1)N[C@@H]1CCc2nccn2C1. The molecule has 0 unspecified atom stereocenters. The molecule has 2 aliphatic rings.